The molecule has 1 N–H and O–H groups in total. The molecule has 24 heavy (non-hydrogen) atoms. The van der Waals surface area contributed by atoms with Crippen molar-refractivity contribution in [2.24, 2.45) is 0 Å². The molecule has 3 aromatic rings. The van der Waals surface area contributed by atoms with E-state index in [9.17, 15) is 13.6 Å². The van der Waals surface area contributed by atoms with E-state index in [0.717, 1.165) is 10.4 Å². The van der Waals surface area contributed by atoms with E-state index in [4.69, 9.17) is 0 Å². The van der Waals surface area contributed by atoms with Gasteiger partial charge in [0.15, 0.2) is 0 Å². The van der Waals surface area contributed by atoms with E-state index in [1.165, 1.54) is 29.7 Å². The fourth-order valence-corrected chi connectivity index (χ4v) is 2.64. The van der Waals surface area contributed by atoms with E-state index in [0.29, 0.717) is 11.4 Å². The van der Waals surface area contributed by atoms with Crippen LogP contribution in [0.25, 0.3) is 10.6 Å². The summed E-state index contributed by atoms with van der Waals surface area (Å²) < 4.78 is 25.0. The van der Waals surface area contributed by atoms with E-state index < -0.39 is 12.3 Å². The van der Waals surface area contributed by atoms with Crippen LogP contribution in [0, 0.1) is 6.92 Å². The predicted molar refractivity (Wildman–Crippen MR) is 87.2 cm³/mol. The lowest BCUT2D eigenvalue weighted by atomic mass is 10.2. The van der Waals surface area contributed by atoms with Crippen LogP contribution >= 0.6 is 11.3 Å². The van der Waals surface area contributed by atoms with Crippen LogP contribution in [0.2, 0.25) is 0 Å². The van der Waals surface area contributed by atoms with Gasteiger partial charge in [0.1, 0.15) is 11.4 Å². The molecule has 8 heteroatoms. The molecule has 3 rings (SSSR count). The fourth-order valence-electron chi connectivity index (χ4n) is 2.06. The third-order valence-electron chi connectivity index (χ3n) is 3.15. The van der Waals surface area contributed by atoms with Crippen LogP contribution in [0.5, 0.6) is 0 Å². The van der Waals surface area contributed by atoms with Gasteiger partial charge in [0, 0.05) is 6.20 Å². The Morgan fingerprint density at radius 2 is 2.08 bits per heavy atom. The Kier molecular flexibility index (Phi) is 4.57. The summed E-state index contributed by atoms with van der Waals surface area (Å²) in [5.41, 5.74) is 3.45. The number of alkyl halides is 2. The highest BCUT2D eigenvalue weighted by molar-refractivity contribution is 7.13. The molecule has 3 heterocycles. The number of hydrogen-bond donors (Lipinski definition) is 1. The smallest absolute Gasteiger partial charge is 0.280 e. The SMILES string of the molecule is Cc1cc(C(=O)Nc2ccc(C(F)F)nc2)nc(-c2cncs2)c1. The maximum absolute atomic E-state index is 12.5. The van der Waals surface area contributed by atoms with Crippen molar-refractivity contribution in [3.63, 3.8) is 0 Å². The topological polar surface area (TPSA) is 67.8 Å². The second-order valence-electron chi connectivity index (χ2n) is 5.01. The molecule has 0 aromatic carbocycles. The zero-order chi connectivity index (χ0) is 17.1. The van der Waals surface area contributed by atoms with Gasteiger partial charge in [0.25, 0.3) is 12.3 Å². The van der Waals surface area contributed by atoms with Crippen molar-refractivity contribution < 1.29 is 13.6 Å². The van der Waals surface area contributed by atoms with Gasteiger partial charge in [-0.2, -0.15) is 0 Å². The average Bonchev–Trinajstić information content (AvgIpc) is 3.09. The molecule has 0 aliphatic carbocycles. The molecule has 122 valence electrons. The van der Waals surface area contributed by atoms with Gasteiger partial charge in [-0.25, -0.2) is 13.8 Å². The molecular weight excluding hydrogens is 334 g/mol. The van der Waals surface area contributed by atoms with Crippen LogP contribution in [-0.2, 0) is 0 Å². The largest absolute Gasteiger partial charge is 0.319 e. The zero-order valence-electron chi connectivity index (χ0n) is 12.5. The number of pyridine rings is 2. The molecule has 0 bridgehead atoms. The molecular formula is C16H12F2N4OS. The molecule has 0 spiro atoms. The monoisotopic (exact) mass is 346 g/mol. The molecule has 0 aliphatic heterocycles. The van der Waals surface area contributed by atoms with Crippen LogP contribution in [0.4, 0.5) is 14.5 Å². The third-order valence-corrected chi connectivity index (χ3v) is 3.95. The normalized spacial score (nSPS) is 10.8. The van der Waals surface area contributed by atoms with Gasteiger partial charge in [-0.3, -0.25) is 14.8 Å². The first-order valence-corrected chi connectivity index (χ1v) is 7.84. The Balaban J connectivity index is 1.82. The van der Waals surface area contributed by atoms with Gasteiger partial charge in [-0.05, 0) is 36.8 Å². The van der Waals surface area contributed by atoms with Crippen molar-refractivity contribution in [2.75, 3.05) is 5.32 Å². The summed E-state index contributed by atoms with van der Waals surface area (Å²) in [6.07, 6.45) is 0.232. The lowest BCUT2D eigenvalue weighted by Gasteiger charge is -2.07. The van der Waals surface area contributed by atoms with Gasteiger partial charge in [-0.1, -0.05) is 0 Å². The summed E-state index contributed by atoms with van der Waals surface area (Å²) in [5.74, 6) is -0.434. The first-order chi connectivity index (χ1) is 11.5. The Hall–Kier alpha value is -2.74. The molecule has 0 atom stereocenters. The number of nitrogens with one attached hydrogen (secondary N) is 1. The summed E-state index contributed by atoms with van der Waals surface area (Å²) in [4.78, 5) is 25.1. The number of halogens is 2. The number of carbonyl (C=O) groups is 1. The summed E-state index contributed by atoms with van der Waals surface area (Å²) in [6, 6.07) is 6.07. The maximum Gasteiger partial charge on any atom is 0.280 e. The first kappa shape index (κ1) is 16.1. The van der Waals surface area contributed by atoms with E-state index in [1.807, 2.05) is 13.0 Å². The highest BCUT2D eigenvalue weighted by Crippen LogP contribution is 2.23. The van der Waals surface area contributed by atoms with E-state index >= 15 is 0 Å². The highest BCUT2D eigenvalue weighted by Gasteiger charge is 2.13. The van der Waals surface area contributed by atoms with Gasteiger partial charge in [0.2, 0.25) is 0 Å². The number of thiazole rings is 1. The lowest BCUT2D eigenvalue weighted by Crippen LogP contribution is -2.14. The summed E-state index contributed by atoms with van der Waals surface area (Å²) >= 11 is 1.43. The Bertz CT molecular complexity index is 851. The van der Waals surface area contributed by atoms with Crippen LogP contribution in [-0.4, -0.2) is 20.9 Å². The minimum atomic E-state index is -2.64. The van der Waals surface area contributed by atoms with Gasteiger partial charge in [0.05, 0.1) is 28.0 Å². The Morgan fingerprint density at radius 1 is 1.25 bits per heavy atom. The van der Waals surface area contributed by atoms with Crippen LogP contribution in [0.15, 0.2) is 42.2 Å². The molecule has 5 nitrogen and oxygen atoms in total. The van der Waals surface area contributed by atoms with E-state index in [-0.39, 0.29) is 11.4 Å². The van der Waals surface area contributed by atoms with E-state index in [2.05, 4.69) is 20.3 Å². The molecule has 0 radical (unpaired) electrons. The summed E-state index contributed by atoms with van der Waals surface area (Å²) in [6.45, 7) is 1.86. The maximum atomic E-state index is 12.5. The van der Waals surface area contributed by atoms with Crippen molar-refractivity contribution in [1.29, 1.82) is 0 Å². The molecule has 0 unspecified atom stereocenters. The molecule has 0 fully saturated rings. The molecule has 1 amide bonds. The predicted octanol–water partition coefficient (Wildman–Crippen LogP) is 4.10. The quantitative estimate of drug-likeness (QED) is 0.772. The Morgan fingerprint density at radius 3 is 2.71 bits per heavy atom. The second-order valence-corrected chi connectivity index (χ2v) is 5.89. The number of anilines is 1. The highest BCUT2D eigenvalue weighted by atomic mass is 32.1. The second kappa shape index (κ2) is 6.79. The number of rotatable bonds is 4. The minimum Gasteiger partial charge on any atom is -0.319 e. The summed E-state index contributed by atoms with van der Waals surface area (Å²) in [7, 11) is 0. The van der Waals surface area contributed by atoms with Gasteiger partial charge < -0.3 is 5.32 Å². The number of hydrogen-bond acceptors (Lipinski definition) is 5. The standard InChI is InChI=1S/C16H12F2N4OS/c1-9-4-12(14-7-19-8-24-14)22-13(5-9)16(23)21-10-2-3-11(15(17)18)20-6-10/h2-8,15H,1H3,(H,21,23). The number of aromatic nitrogens is 3. The molecule has 0 aliphatic rings. The van der Waals surface area contributed by atoms with Crippen LogP contribution in [0.1, 0.15) is 28.2 Å². The van der Waals surface area contributed by atoms with Crippen LogP contribution < -0.4 is 5.32 Å². The van der Waals surface area contributed by atoms with Crippen molar-refractivity contribution in [2.45, 2.75) is 13.3 Å². The zero-order valence-corrected chi connectivity index (χ0v) is 13.3. The van der Waals surface area contributed by atoms with Gasteiger partial charge in [-0.15, -0.1) is 11.3 Å². The van der Waals surface area contributed by atoms with Crippen molar-refractivity contribution in [3.05, 3.63) is 59.1 Å². The third kappa shape index (κ3) is 3.60. The molecule has 0 saturated carbocycles. The van der Waals surface area contributed by atoms with Gasteiger partial charge >= 0.3 is 0 Å². The Labute approximate surface area is 140 Å². The van der Waals surface area contributed by atoms with E-state index in [1.54, 1.807) is 17.8 Å². The molecule has 0 saturated heterocycles. The average molecular weight is 346 g/mol. The van der Waals surface area contributed by atoms with Crippen molar-refractivity contribution in [1.82, 2.24) is 15.0 Å². The fraction of sp³-hybridized carbons (Fsp3) is 0.125. The first-order valence-electron chi connectivity index (χ1n) is 6.96. The number of aryl methyl sites for hydroxylation is 1. The van der Waals surface area contributed by atoms with Crippen molar-refractivity contribution >= 4 is 22.9 Å². The minimum absolute atomic E-state index is 0.233. The van der Waals surface area contributed by atoms with Crippen molar-refractivity contribution in [3.8, 4) is 10.6 Å². The number of carbonyl (C=O) groups excluding carboxylic acids is 1. The number of nitrogens with zero attached hydrogens (tertiary/aromatic N) is 3. The molecule has 3 aromatic heterocycles. The number of amides is 1. The lowest BCUT2D eigenvalue weighted by molar-refractivity contribution is 0.102. The van der Waals surface area contributed by atoms with Crippen LogP contribution in [0.3, 0.4) is 0 Å². The summed E-state index contributed by atoms with van der Waals surface area (Å²) in [5, 5.41) is 2.60.